The number of nitrogens with two attached hydrogens (primary N) is 1. The van der Waals surface area contributed by atoms with Crippen molar-refractivity contribution in [2.75, 3.05) is 6.61 Å². The second-order valence-corrected chi connectivity index (χ2v) is 4.96. The van der Waals surface area contributed by atoms with Gasteiger partial charge in [0.15, 0.2) is 0 Å². The molecule has 0 spiro atoms. The van der Waals surface area contributed by atoms with Gasteiger partial charge in [-0.2, -0.15) is 8.42 Å². The molecule has 1 aliphatic rings. The zero-order valence-corrected chi connectivity index (χ0v) is 9.38. The highest BCUT2D eigenvalue weighted by molar-refractivity contribution is 7.84. The fourth-order valence-corrected chi connectivity index (χ4v) is 2.17. The topological polar surface area (TPSA) is 95.7 Å². The van der Waals surface area contributed by atoms with Crippen molar-refractivity contribution in [1.82, 2.24) is 0 Å². The molecule has 0 aromatic carbocycles. The average Bonchev–Trinajstić information content (AvgIpc) is 2.48. The highest BCUT2D eigenvalue weighted by Gasteiger charge is 2.38. The van der Waals surface area contributed by atoms with Crippen LogP contribution in [0.5, 0.6) is 0 Å². The van der Waals surface area contributed by atoms with Crippen LogP contribution in [0.25, 0.3) is 0 Å². The maximum Gasteiger partial charge on any atom is 0.333 e. The fraction of sp³-hybridized carbons (Fsp3) is 0.875. The summed E-state index contributed by atoms with van der Waals surface area (Å²) in [7, 11) is -3.98. The smallest absolute Gasteiger partial charge is 0.333 e. The van der Waals surface area contributed by atoms with E-state index in [1.807, 2.05) is 0 Å². The van der Waals surface area contributed by atoms with Crippen molar-refractivity contribution in [2.45, 2.75) is 38.2 Å². The predicted molar refractivity (Wildman–Crippen MR) is 52.0 cm³/mol. The zero-order chi connectivity index (χ0) is 11.5. The van der Waals surface area contributed by atoms with Crippen LogP contribution in [-0.4, -0.2) is 26.6 Å². The second-order valence-electron chi connectivity index (χ2n) is 3.74. The highest BCUT2D eigenvalue weighted by atomic mass is 32.2. The van der Waals surface area contributed by atoms with Crippen LogP contribution in [0.3, 0.4) is 0 Å². The normalized spacial score (nSPS) is 20.1. The van der Waals surface area contributed by atoms with Crippen LogP contribution in [0, 0.1) is 0 Å². The largest absolute Gasteiger partial charge is 0.457 e. The standard InChI is InChI=1S/C8H15NO5S/c1-7(10)14-8(4-2-3-5-8)6-13-15(9,11)12/h2-6H2,1H3,(H2,9,11,12). The molecule has 2 N–H and O–H groups in total. The molecule has 15 heavy (non-hydrogen) atoms. The van der Waals surface area contributed by atoms with Gasteiger partial charge in [0.25, 0.3) is 0 Å². The molecule has 0 bridgehead atoms. The van der Waals surface area contributed by atoms with Crippen molar-refractivity contribution in [1.29, 1.82) is 0 Å². The Hall–Kier alpha value is -0.660. The average molecular weight is 237 g/mol. The van der Waals surface area contributed by atoms with Crippen molar-refractivity contribution in [3.63, 3.8) is 0 Å². The summed E-state index contributed by atoms with van der Waals surface area (Å²) in [5.74, 6) is -0.435. The number of hydrogen-bond donors (Lipinski definition) is 1. The minimum Gasteiger partial charge on any atom is -0.457 e. The van der Waals surface area contributed by atoms with Gasteiger partial charge in [0, 0.05) is 6.92 Å². The quantitative estimate of drug-likeness (QED) is 0.699. The summed E-state index contributed by atoms with van der Waals surface area (Å²) in [5.41, 5.74) is -0.807. The first-order chi connectivity index (χ1) is 6.83. The predicted octanol–water partition coefficient (Wildman–Crippen LogP) is 0.0824. The molecule has 0 unspecified atom stereocenters. The Kier molecular flexibility index (Phi) is 3.69. The maximum absolute atomic E-state index is 10.9. The number of hydrogen-bond acceptors (Lipinski definition) is 5. The number of carbonyl (C=O) groups is 1. The lowest BCUT2D eigenvalue weighted by atomic mass is 10.0. The zero-order valence-electron chi connectivity index (χ0n) is 8.56. The van der Waals surface area contributed by atoms with Gasteiger partial charge in [-0.15, -0.1) is 0 Å². The first-order valence-corrected chi connectivity index (χ1v) is 6.17. The molecule has 0 saturated heterocycles. The van der Waals surface area contributed by atoms with E-state index in [0.717, 1.165) is 12.8 Å². The molecule has 1 saturated carbocycles. The molecule has 0 radical (unpaired) electrons. The molecule has 1 aliphatic carbocycles. The maximum atomic E-state index is 10.9. The molecular weight excluding hydrogens is 222 g/mol. The van der Waals surface area contributed by atoms with Gasteiger partial charge in [-0.3, -0.25) is 8.98 Å². The lowest BCUT2D eigenvalue weighted by Crippen LogP contribution is -2.38. The second kappa shape index (κ2) is 4.46. The molecule has 1 rings (SSSR count). The van der Waals surface area contributed by atoms with Crippen LogP contribution in [0.2, 0.25) is 0 Å². The highest BCUT2D eigenvalue weighted by Crippen LogP contribution is 2.33. The summed E-state index contributed by atoms with van der Waals surface area (Å²) in [6.07, 6.45) is 3.01. The Bertz CT molecular complexity index is 331. The lowest BCUT2D eigenvalue weighted by molar-refractivity contribution is -0.159. The molecule has 0 amide bonds. The summed E-state index contributed by atoms with van der Waals surface area (Å²) in [4.78, 5) is 10.9. The summed E-state index contributed by atoms with van der Waals surface area (Å²) in [5, 5.41) is 4.71. The molecule has 0 atom stereocenters. The minimum atomic E-state index is -3.98. The summed E-state index contributed by atoms with van der Waals surface area (Å²) in [6, 6.07) is 0. The Morgan fingerprint density at radius 1 is 1.40 bits per heavy atom. The molecular formula is C8H15NO5S. The SMILES string of the molecule is CC(=O)OC1(COS(N)(=O)=O)CCCC1. The lowest BCUT2D eigenvalue weighted by Gasteiger charge is -2.27. The van der Waals surface area contributed by atoms with Gasteiger partial charge in [0.05, 0.1) is 0 Å². The Balaban J connectivity index is 2.61. The van der Waals surface area contributed by atoms with E-state index >= 15 is 0 Å². The first kappa shape index (κ1) is 12.4. The van der Waals surface area contributed by atoms with Gasteiger partial charge in [-0.05, 0) is 25.7 Å². The van der Waals surface area contributed by atoms with E-state index in [2.05, 4.69) is 4.18 Å². The molecule has 0 aromatic heterocycles. The third kappa shape index (κ3) is 4.15. The number of ether oxygens (including phenoxy) is 1. The van der Waals surface area contributed by atoms with E-state index in [9.17, 15) is 13.2 Å². The van der Waals surface area contributed by atoms with Crippen LogP contribution < -0.4 is 5.14 Å². The monoisotopic (exact) mass is 237 g/mol. The van der Waals surface area contributed by atoms with E-state index < -0.39 is 21.9 Å². The van der Waals surface area contributed by atoms with Gasteiger partial charge in [0.2, 0.25) is 0 Å². The van der Waals surface area contributed by atoms with Gasteiger partial charge >= 0.3 is 16.3 Å². The molecule has 1 fully saturated rings. The third-order valence-electron chi connectivity index (χ3n) is 2.36. The van der Waals surface area contributed by atoms with Crippen LogP contribution in [0.1, 0.15) is 32.6 Å². The van der Waals surface area contributed by atoms with Gasteiger partial charge in [0.1, 0.15) is 12.2 Å². The van der Waals surface area contributed by atoms with Crippen molar-refractivity contribution in [3.05, 3.63) is 0 Å². The molecule has 88 valence electrons. The molecule has 0 aromatic rings. The van der Waals surface area contributed by atoms with Crippen LogP contribution >= 0.6 is 0 Å². The van der Waals surface area contributed by atoms with E-state index in [1.165, 1.54) is 6.92 Å². The van der Waals surface area contributed by atoms with Crippen molar-refractivity contribution >= 4 is 16.3 Å². The molecule has 6 nitrogen and oxygen atoms in total. The number of rotatable bonds is 4. The van der Waals surface area contributed by atoms with Gasteiger partial charge < -0.3 is 4.74 Å². The third-order valence-corrected chi connectivity index (χ3v) is 2.81. The summed E-state index contributed by atoms with van der Waals surface area (Å²) >= 11 is 0. The van der Waals surface area contributed by atoms with Gasteiger partial charge in [-0.25, -0.2) is 5.14 Å². The summed E-state index contributed by atoms with van der Waals surface area (Å²) in [6.45, 7) is 1.10. The molecule has 0 aliphatic heterocycles. The minimum absolute atomic E-state index is 0.189. The summed E-state index contributed by atoms with van der Waals surface area (Å²) < 4.78 is 30.9. The van der Waals surface area contributed by atoms with Crippen LogP contribution in [0.4, 0.5) is 0 Å². The van der Waals surface area contributed by atoms with Crippen molar-refractivity contribution < 1.29 is 22.1 Å². The van der Waals surface area contributed by atoms with E-state index in [4.69, 9.17) is 9.88 Å². The molecule has 7 heteroatoms. The first-order valence-electron chi connectivity index (χ1n) is 4.70. The van der Waals surface area contributed by atoms with Crippen LogP contribution in [0.15, 0.2) is 0 Å². The van der Waals surface area contributed by atoms with E-state index in [0.29, 0.717) is 12.8 Å². The fourth-order valence-electron chi connectivity index (χ4n) is 1.79. The van der Waals surface area contributed by atoms with Crippen LogP contribution in [-0.2, 0) is 24.0 Å². The number of esters is 1. The van der Waals surface area contributed by atoms with Crippen molar-refractivity contribution in [2.24, 2.45) is 5.14 Å². The van der Waals surface area contributed by atoms with E-state index in [1.54, 1.807) is 0 Å². The van der Waals surface area contributed by atoms with Gasteiger partial charge in [-0.1, -0.05) is 0 Å². The van der Waals surface area contributed by atoms with E-state index in [-0.39, 0.29) is 6.61 Å². The Labute approximate surface area is 89.0 Å². The Morgan fingerprint density at radius 3 is 2.33 bits per heavy atom. The number of carbonyl (C=O) groups excluding carboxylic acids is 1. The Morgan fingerprint density at radius 2 is 1.93 bits per heavy atom. The molecule has 0 heterocycles. The van der Waals surface area contributed by atoms with Crippen molar-refractivity contribution in [3.8, 4) is 0 Å².